The summed E-state index contributed by atoms with van der Waals surface area (Å²) in [7, 11) is 0. The first-order chi connectivity index (χ1) is 15.2. The summed E-state index contributed by atoms with van der Waals surface area (Å²) < 4.78 is 6.49. The van der Waals surface area contributed by atoms with Crippen molar-refractivity contribution < 1.29 is 9.53 Å². The predicted molar refractivity (Wildman–Crippen MR) is 123 cm³/mol. The van der Waals surface area contributed by atoms with Crippen molar-refractivity contribution in [2.45, 2.75) is 31.5 Å². The van der Waals surface area contributed by atoms with Gasteiger partial charge in [0.2, 0.25) is 5.91 Å². The number of benzene rings is 1. The van der Waals surface area contributed by atoms with Gasteiger partial charge in [-0.3, -0.25) is 14.7 Å². The topological polar surface area (TPSA) is 69.7 Å². The van der Waals surface area contributed by atoms with Crippen molar-refractivity contribution in [1.29, 1.82) is 0 Å². The Kier molecular flexibility index (Phi) is 8.04. The van der Waals surface area contributed by atoms with E-state index in [4.69, 9.17) is 4.74 Å². The molecule has 31 heavy (non-hydrogen) atoms. The standard InChI is InChI=1S/C23H30BrN5O2/c24-20-4-2-19(3-5-20)21-16-22(27-26-21)23(30)29(17-18-6-8-25-9-7-18)11-1-10-28-12-14-31-15-13-28/h2-9,21-22,26-27H,1,10-17H2. The number of pyridine rings is 1. The minimum Gasteiger partial charge on any atom is -0.379 e. The molecule has 2 aromatic rings. The van der Waals surface area contributed by atoms with Gasteiger partial charge in [-0.25, -0.2) is 10.9 Å². The molecule has 2 aliphatic rings. The summed E-state index contributed by atoms with van der Waals surface area (Å²) in [4.78, 5) is 21.9. The number of hydrazine groups is 1. The van der Waals surface area contributed by atoms with E-state index in [1.807, 2.05) is 29.2 Å². The molecule has 0 saturated carbocycles. The molecule has 3 heterocycles. The van der Waals surface area contributed by atoms with Gasteiger partial charge in [-0.05, 0) is 48.2 Å². The largest absolute Gasteiger partial charge is 0.379 e. The lowest BCUT2D eigenvalue weighted by molar-refractivity contribution is -0.134. The molecule has 0 radical (unpaired) electrons. The van der Waals surface area contributed by atoms with Crippen LogP contribution >= 0.6 is 15.9 Å². The van der Waals surface area contributed by atoms with E-state index in [9.17, 15) is 4.79 Å². The fraction of sp³-hybridized carbons (Fsp3) is 0.478. The van der Waals surface area contributed by atoms with Gasteiger partial charge in [-0.2, -0.15) is 0 Å². The second-order valence-electron chi connectivity index (χ2n) is 8.10. The third kappa shape index (κ3) is 6.33. The quantitative estimate of drug-likeness (QED) is 0.596. The summed E-state index contributed by atoms with van der Waals surface area (Å²) in [6, 6.07) is 12.1. The van der Waals surface area contributed by atoms with E-state index >= 15 is 0 Å². The minimum absolute atomic E-state index is 0.123. The summed E-state index contributed by atoms with van der Waals surface area (Å²) in [5.41, 5.74) is 8.82. The number of aromatic nitrogens is 1. The first-order valence-electron chi connectivity index (χ1n) is 10.9. The van der Waals surface area contributed by atoms with Crippen LogP contribution in [0.1, 0.15) is 30.0 Å². The number of halogens is 1. The summed E-state index contributed by atoms with van der Waals surface area (Å²) in [5, 5.41) is 0. The van der Waals surface area contributed by atoms with E-state index in [-0.39, 0.29) is 18.0 Å². The molecule has 2 aliphatic heterocycles. The first kappa shape index (κ1) is 22.4. The Labute approximate surface area is 192 Å². The Morgan fingerprint density at radius 3 is 2.61 bits per heavy atom. The average molecular weight is 488 g/mol. The van der Waals surface area contributed by atoms with Crippen LogP contribution in [0.15, 0.2) is 53.3 Å². The highest BCUT2D eigenvalue weighted by molar-refractivity contribution is 9.10. The van der Waals surface area contributed by atoms with Gasteiger partial charge < -0.3 is 9.64 Å². The summed E-state index contributed by atoms with van der Waals surface area (Å²) in [6.07, 6.45) is 5.25. The van der Waals surface area contributed by atoms with E-state index in [0.29, 0.717) is 6.54 Å². The van der Waals surface area contributed by atoms with Gasteiger partial charge in [-0.15, -0.1) is 0 Å². The summed E-state index contributed by atoms with van der Waals surface area (Å²) in [5.74, 6) is 0.144. The molecule has 0 bridgehead atoms. The van der Waals surface area contributed by atoms with Crippen molar-refractivity contribution in [3.63, 3.8) is 0 Å². The van der Waals surface area contributed by atoms with Crippen LogP contribution in [0.4, 0.5) is 0 Å². The molecule has 2 fully saturated rings. The molecule has 8 heteroatoms. The van der Waals surface area contributed by atoms with E-state index in [0.717, 1.165) is 62.3 Å². The average Bonchev–Trinajstić information content (AvgIpc) is 3.30. The second-order valence-corrected chi connectivity index (χ2v) is 9.02. The van der Waals surface area contributed by atoms with Gasteiger partial charge >= 0.3 is 0 Å². The van der Waals surface area contributed by atoms with Crippen molar-refractivity contribution >= 4 is 21.8 Å². The highest BCUT2D eigenvalue weighted by Crippen LogP contribution is 2.25. The predicted octanol–water partition coefficient (Wildman–Crippen LogP) is 2.50. The number of ether oxygens (including phenoxy) is 1. The minimum atomic E-state index is -0.237. The molecule has 1 amide bonds. The zero-order chi connectivity index (χ0) is 21.5. The van der Waals surface area contributed by atoms with Gasteiger partial charge in [-0.1, -0.05) is 28.1 Å². The Hall–Kier alpha value is -1.84. The normalized spacial score (nSPS) is 21.8. The molecule has 2 unspecified atom stereocenters. The summed E-state index contributed by atoms with van der Waals surface area (Å²) >= 11 is 3.48. The number of carbonyl (C=O) groups excluding carboxylic acids is 1. The third-order valence-corrected chi connectivity index (χ3v) is 6.44. The molecule has 0 aliphatic carbocycles. The van der Waals surface area contributed by atoms with Crippen LogP contribution in [0.5, 0.6) is 0 Å². The van der Waals surface area contributed by atoms with E-state index < -0.39 is 0 Å². The molecule has 166 valence electrons. The molecular weight excluding hydrogens is 458 g/mol. The molecule has 4 rings (SSSR count). The Morgan fingerprint density at radius 1 is 1.13 bits per heavy atom. The smallest absolute Gasteiger partial charge is 0.241 e. The van der Waals surface area contributed by atoms with E-state index in [1.54, 1.807) is 12.4 Å². The molecule has 2 saturated heterocycles. The van der Waals surface area contributed by atoms with Crippen molar-refractivity contribution in [3.8, 4) is 0 Å². The molecular formula is C23H30BrN5O2. The van der Waals surface area contributed by atoms with Crippen LogP contribution in [0.3, 0.4) is 0 Å². The molecule has 2 atom stereocenters. The Bertz CT molecular complexity index is 830. The number of nitrogens with zero attached hydrogens (tertiary/aromatic N) is 3. The zero-order valence-corrected chi connectivity index (χ0v) is 19.3. The van der Waals surface area contributed by atoms with Crippen LogP contribution in [0.25, 0.3) is 0 Å². The third-order valence-electron chi connectivity index (χ3n) is 5.91. The number of carbonyl (C=O) groups is 1. The van der Waals surface area contributed by atoms with Gasteiger partial charge in [0.05, 0.1) is 13.2 Å². The van der Waals surface area contributed by atoms with Crippen LogP contribution in [0, 0.1) is 0 Å². The van der Waals surface area contributed by atoms with Gasteiger partial charge in [0.15, 0.2) is 0 Å². The zero-order valence-electron chi connectivity index (χ0n) is 17.7. The number of hydrogen-bond acceptors (Lipinski definition) is 6. The van der Waals surface area contributed by atoms with E-state index in [2.05, 4.69) is 48.8 Å². The molecule has 2 N–H and O–H groups in total. The number of nitrogens with one attached hydrogen (secondary N) is 2. The Balaban J connectivity index is 1.37. The lowest BCUT2D eigenvalue weighted by Crippen LogP contribution is -2.46. The van der Waals surface area contributed by atoms with Gasteiger partial charge in [0.1, 0.15) is 6.04 Å². The number of morpholine rings is 1. The number of hydrogen-bond donors (Lipinski definition) is 2. The lowest BCUT2D eigenvalue weighted by Gasteiger charge is -2.29. The summed E-state index contributed by atoms with van der Waals surface area (Å²) in [6.45, 7) is 5.87. The van der Waals surface area contributed by atoms with Crippen LogP contribution in [-0.4, -0.2) is 66.1 Å². The number of rotatable bonds is 8. The van der Waals surface area contributed by atoms with Gasteiger partial charge in [0, 0.05) is 55.6 Å². The highest BCUT2D eigenvalue weighted by Gasteiger charge is 2.33. The lowest BCUT2D eigenvalue weighted by atomic mass is 10.0. The first-order valence-corrected chi connectivity index (χ1v) is 11.7. The number of amides is 1. The monoisotopic (exact) mass is 487 g/mol. The van der Waals surface area contributed by atoms with Crippen LogP contribution in [0.2, 0.25) is 0 Å². The highest BCUT2D eigenvalue weighted by atomic mass is 79.9. The van der Waals surface area contributed by atoms with Crippen molar-refractivity contribution in [1.82, 2.24) is 25.6 Å². The maximum absolute atomic E-state index is 13.4. The van der Waals surface area contributed by atoms with Gasteiger partial charge in [0.25, 0.3) is 0 Å². The van der Waals surface area contributed by atoms with Crippen LogP contribution in [-0.2, 0) is 16.1 Å². The maximum Gasteiger partial charge on any atom is 0.241 e. The van der Waals surface area contributed by atoms with Crippen molar-refractivity contribution in [2.24, 2.45) is 0 Å². The molecule has 1 aromatic carbocycles. The molecule has 7 nitrogen and oxygen atoms in total. The fourth-order valence-corrected chi connectivity index (χ4v) is 4.40. The van der Waals surface area contributed by atoms with Crippen molar-refractivity contribution in [3.05, 3.63) is 64.4 Å². The molecule has 1 aromatic heterocycles. The molecule has 0 spiro atoms. The van der Waals surface area contributed by atoms with Crippen LogP contribution < -0.4 is 10.9 Å². The SMILES string of the molecule is O=C(C1CC(c2ccc(Br)cc2)NN1)N(CCCN1CCOCC1)Cc1ccncc1. The fourth-order valence-electron chi connectivity index (χ4n) is 4.14. The Morgan fingerprint density at radius 2 is 1.87 bits per heavy atom. The van der Waals surface area contributed by atoms with Crippen molar-refractivity contribution in [2.75, 3.05) is 39.4 Å². The second kappa shape index (κ2) is 11.2. The maximum atomic E-state index is 13.4. The van der Waals surface area contributed by atoms with E-state index in [1.165, 1.54) is 5.56 Å².